The normalized spacial score (nSPS) is 20.5. The lowest BCUT2D eigenvalue weighted by molar-refractivity contribution is -0.150. The number of aliphatic carboxylic acids is 1. The number of carboxylic acid groups (broad SMARTS) is 1. The maximum absolute atomic E-state index is 12.8. The minimum absolute atomic E-state index is 0.0474. The Labute approximate surface area is 209 Å². The Morgan fingerprint density at radius 1 is 1.47 bits per heavy atom. The molecule has 2 aromatic heterocycles. The monoisotopic (exact) mass is 541 g/mol. The fourth-order valence-corrected chi connectivity index (χ4v) is 6.56. The number of β-lactam (4-membered cyclic amide) rings is 1. The van der Waals surface area contributed by atoms with Crippen LogP contribution in [0.5, 0.6) is 0 Å². The van der Waals surface area contributed by atoms with Crippen LogP contribution in [0.1, 0.15) is 11.3 Å². The molecular weight excluding hydrogens is 526 g/mol. The van der Waals surface area contributed by atoms with Crippen molar-refractivity contribution in [3.8, 4) is 0 Å². The zero-order valence-corrected chi connectivity index (χ0v) is 20.4. The van der Waals surface area contributed by atoms with Gasteiger partial charge in [0.25, 0.3) is 11.8 Å². The number of anilines is 1. The van der Waals surface area contributed by atoms with E-state index in [1.807, 2.05) is 0 Å². The molecular formula is C18H16ClN7O5S3. The van der Waals surface area contributed by atoms with Crippen LogP contribution in [0.3, 0.4) is 0 Å². The van der Waals surface area contributed by atoms with Gasteiger partial charge in [-0.3, -0.25) is 19.2 Å². The smallest absolute Gasteiger partial charge is 0.353 e. The third-order valence-corrected chi connectivity index (χ3v) is 8.20. The first-order valence-corrected chi connectivity index (χ1v) is 12.5. The Morgan fingerprint density at radius 2 is 2.24 bits per heavy atom. The Kier molecular flexibility index (Phi) is 6.88. The largest absolute Gasteiger partial charge is 0.477 e. The standard InChI is InChI=1S/C18H16ClN7O5S3/c1-25-5-7(4-21-25)2-3-32-8-6-33-16-11(15(28)26(16)12(8)17(29)30)22-14(27)10(24-31)9-13(19)34-18(20)23-9/h2-5,11,16,31H,6H2,1H3,(H2,20,23)(H,22,27)(H,29,30)/b3-2+,24-10-/t11-,16-/m1/s1. The number of rotatable bonds is 7. The summed E-state index contributed by atoms with van der Waals surface area (Å²) in [4.78, 5) is 42.9. The van der Waals surface area contributed by atoms with Gasteiger partial charge in [-0.25, -0.2) is 9.78 Å². The number of carboxylic acids is 1. The van der Waals surface area contributed by atoms with Crippen LogP contribution >= 0.6 is 46.5 Å². The zero-order valence-electron chi connectivity index (χ0n) is 17.2. The zero-order chi connectivity index (χ0) is 24.6. The maximum Gasteiger partial charge on any atom is 0.353 e. The number of carbonyl (C=O) groups excluding carboxylic acids is 2. The predicted octanol–water partition coefficient (Wildman–Crippen LogP) is 1.39. The number of thiazole rings is 1. The van der Waals surface area contributed by atoms with E-state index in [1.165, 1.54) is 23.5 Å². The van der Waals surface area contributed by atoms with Crippen molar-refractivity contribution < 1.29 is 24.7 Å². The van der Waals surface area contributed by atoms with Crippen molar-refractivity contribution in [3.63, 3.8) is 0 Å². The number of thioether (sulfide) groups is 2. The molecule has 0 radical (unpaired) electrons. The first-order valence-electron chi connectivity index (χ1n) is 9.39. The van der Waals surface area contributed by atoms with Gasteiger partial charge in [-0.2, -0.15) is 5.10 Å². The highest BCUT2D eigenvalue weighted by Gasteiger charge is 2.54. The summed E-state index contributed by atoms with van der Waals surface area (Å²) >= 11 is 9.38. The maximum atomic E-state index is 12.8. The number of nitrogen functional groups attached to an aromatic ring is 1. The minimum atomic E-state index is -1.25. The lowest BCUT2D eigenvalue weighted by Gasteiger charge is -2.49. The summed E-state index contributed by atoms with van der Waals surface area (Å²) in [6, 6.07) is -1.02. The lowest BCUT2D eigenvalue weighted by Crippen LogP contribution is -2.71. The Bertz CT molecular complexity index is 1270. The molecule has 0 aromatic carbocycles. The van der Waals surface area contributed by atoms with Gasteiger partial charge in [0, 0.05) is 29.5 Å². The van der Waals surface area contributed by atoms with Gasteiger partial charge in [-0.15, -0.1) is 11.8 Å². The topological polar surface area (TPSA) is 176 Å². The van der Waals surface area contributed by atoms with Crippen molar-refractivity contribution in [2.45, 2.75) is 11.4 Å². The number of hydrogen-bond acceptors (Lipinski definition) is 11. The number of nitrogens with zero attached hydrogens (tertiary/aromatic N) is 5. The van der Waals surface area contributed by atoms with Crippen LogP contribution in [-0.4, -0.2) is 70.6 Å². The predicted molar refractivity (Wildman–Crippen MR) is 129 cm³/mol. The summed E-state index contributed by atoms with van der Waals surface area (Å²) in [6.07, 6.45) is 5.25. The average Bonchev–Trinajstić information content (AvgIpc) is 3.35. The minimum Gasteiger partial charge on any atom is -0.477 e. The van der Waals surface area contributed by atoms with Crippen LogP contribution in [0.25, 0.3) is 6.08 Å². The number of aromatic nitrogens is 3. The molecule has 2 aromatic rings. The van der Waals surface area contributed by atoms with Gasteiger partial charge in [-0.1, -0.05) is 39.9 Å². The molecule has 0 saturated carbocycles. The Hall–Kier alpha value is -3.01. The van der Waals surface area contributed by atoms with Crippen LogP contribution in [0.15, 0.2) is 33.6 Å². The molecule has 16 heteroatoms. The summed E-state index contributed by atoms with van der Waals surface area (Å²) < 4.78 is 1.69. The summed E-state index contributed by atoms with van der Waals surface area (Å²) in [5.74, 6) is -2.42. The van der Waals surface area contributed by atoms with E-state index in [9.17, 15) is 24.7 Å². The quantitative estimate of drug-likeness (QED) is 0.173. The molecule has 2 amide bonds. The van der Waals surface area contributed by atoms with Gasteiger partial charge < -0.3 is 21.4 Å². The summed E-state index contributed by atoms with van der Waals surface area (Å²) in [5, 5.41) is 29.7. The molecule has 2 atom stereocenters. The first kappa shape index (κ1) is 24.1. The van der Waals surface area contributed by atoms with E-state index in [-0.39, 0.29) is 20.9 Å². The van der Waals surface area contributed by atoms with E-state index >= 15 is 0 Å². The van der Waals surface area contributed by atoms with E-state index in [0.29, 0.717) is 10.7 Å². The molecule has 0 bridgehead atoms. The van der Waals surface area contributed by atoms with E-state index in [0.717, 1.165) is 21.8 Å². The second-order valence-electron chi connectivity index (χ2n) is 6.93. The summed E-state index contributed by atoms with van der Waals surface area (Å²) in [6.45, 7) is 0. The molecule has 12 nitrogen and oxygen atoms in total. The molecule has 2 aliphatic rings. The van der Waals surface area contributed by atoms with Crippen molar-refractivity contribution in [3.05, 3.63) is 44.0 Å². The molecule has 1 saturated heterocycles. The van der Waals surface area contributed by atoms with Gasteiger partial charge in [-0.05, 0) is 11.5 Å². The number of amides is 2. The second kappa shape index (κ2) is 9.69. The van der Waals surface area contributed by atoms with Crippen LogP contribution in [-0.2, 0) is 21.4 Å². The number of fused-ring (bicyclic) bond motifs is 1. The van der Waals surface area contributed by atoms with E-state index in [2.05, 4.69) is 20.6 Å². The van der Waals surface area contributed by atoms with E-state index < -0.39 is 34.9 Å². The fourth-order valence-electron chi connectivity index (χ4n) is 3.28. The molecule has 0 aliphatic carbocycles. The second-order valence-corrected chi connectivity index (χ2v) is 10.7. The number of nitrogens with one attached hydrogen (secondary N) is 1. The Balaban J connectivity index is 1.48. The SMILES string of the molecule is Cn1cc(/C=C/SC2=C(C(=O)O)N3C(=O)[C@@H](NC(=O)/C(=N\O)c4nc(N)sc4Cl)[C@H]3SC2)cn1. The van der Waals surface area contributed by atoms with Crippen LogP contribution in [0.4, 0.5) is 5.13 Å². The van der Waals surface area contributed by atoms with Gasteiger partial charge in [0.05, 0.1) is 6.20 Å². The van der Waals surface area contributed by atoms with Gasteiger partial charge in [0.2, 0.25) is 0 Å². The van der Waals surface area contributed by atoms with Gasteiger partial charge in [0.1, 0.15) is 27.1 Å². The van der Waals surface area contributed by atoms with E-state index in [4.69, 9.17) is 17.3 Å². The molecule has 2 aliphatic heterocycles. The average molecular weight is 542 g/mol. The fraction of sp³-hybridized carbons (Fsp3) is 0.222. The highest BCUT2D eigenvalue weighted by molar-refractivity contribution is 8.08. The van der Waals surface area contributed by atoms with Crippen molar-refractivity contribution in [2.75, 3.05) is 11.5 Å². The molecule has 0 unspecified atom stereocenters. The number of oxime groups is 1. The molecule has 4 heterocycles. The Morgan fingerprint density at radius 3 is 2.82 bits per heavy atom. The van der Waals surface area contributed by atoms with Crippen LogP contribution < -0.4 is 11.1 Å². The highest BCUT2D eigenvalue weighted by atomic mass is 35.5. The molecule has 4 rings (SSSR count). The first-order chi connectivity index (χ1) is 16.2. The molecule has 0 spiro atoms. The number of carbonyl (C=O) groups is 3. The molecule has 5 N–H and O–H groups in total. The highest BCUT2D eigenvalue weighted by Crippen LogP contribution is 2.43. The van der Waals surface area contributed by atoms with Gasteiger partial charge >= 0.3 is 5.97 Å². The number of hydrogen-bond donors (Lipinski definition) is 4. The third kappa shape index (κ3) is 4.51. The lowest BCUT2D eigenvalue weighted by atomic mass is 10.0. The van der Waals surface area contributed by atoms with Crippen LogP contribution in [0.2, 0.25) is 4.34 Å². The van der Waals surface area contributed by atoms with Crippen molar-refractivity contribution in [1.82, 2.24) is 25.0 Å². The molecule has 34 heavy (non-hydrogen) atoms. The number of nitrogens with two attached hydrogens (primary N) is 1. The van der Waals surface area contributed by atoms with E-state index in [1.54, 1.807) is 35.6 Å². The van der Waals surface area contributed by atoms with Crippen molar-refractivity contribution in [2.24, 2.45) is 12.2 Å². The third-order valence-electron chi connectivity index (χ3n) is 4.76. The molecule has 178 valence electrons. The summed E-state index contributed by atoms with van der Waals surface area (Å²) in [7, 11) is 1.79. The van der Waals surface area contributed by atoms with Crippen LogP contribution in [0, 0.1) is 0 Å². The van der Waals surface area contributed by atoms with Crippen molar-refractivity contribution in [1.29, 1.82) is 0 Å². The number of aryl methyl sites for hydroxylation is 1. The van der Waals surface area contributed by atoms with Crippen molar-refractivity contribution >= 4 is 81.2 Å². The summed E-state index contributed by atoms with van der Waals surface area (Å²) in [5.41, 5.74) is 5.66. The molecule has 1 fully saturated rings. The van der Waals surface area contributed by atoms with Gasteiger partial charge in [0.15, 0.2) is 10.8 Å². The number of halogens is 1.